The van der Waals surface area contributed by atoms with Crippen LogP contribution in [0, 0.1) is 11.8 Å². The van der Waals surface area contributed by atoms with Crippen molar-refractivity contribution in [1.29, 1.82) is 0 Å². The van der Waals surface area contributed by atoms with Gasteiger partial charge in [-0.3, -0.25) is 0 Å². The number of para-hydroxylation sites is 1. The van der Waals surface area contributed by atoms with Crippen LogP contribution < -0.4 is 10.6 Å². The van der Waals surface area contributed by atoms with Crippen LogP contribution in [-0.2, 0) is 0 Å². The summed E-state index contributed by atoms with van der Waals surface area (Å²) in [6.07, 6.45) is 8.48. The second kappa shape index (κ2) is 7.30. The lowest BCUT2D eigenvalue weighted by molar-refractivity contribution is 0.229. The van der Waals surface area contributed by atoms with Crippen molar-refractivity contribution >= 4 is 16.6 Å². The molecule has 4 rings (SSSR count). The Balaban J connectivity index is 1.47. The van der Waals surface area contributed by atoms with Crippen molar-refractivity contribution in [2.45, 2.75) is 52.0 Å². The molecule has 0 radical (unpaired) electrons. The SMILES string of the molecule is C=C1C(=C)C(NC2CCC([C@H](C)CC)CC2)=C1Nc1c[nH]c2ccccc12. The second-order valence-electron chi connectivity index (χ2n) is 8.22. The van der Waals surface area contributed by atoms with E-state index in [0.717, 1.165) is 45.6 Å². The Morgan fingerprint density at radius 1 is 1.07 bits per heavy atom. The number of allylic oxidation sites excluding steroid dienone is 2. The van der Waals surface area contributed by atoms with Crippen molar-refractivity contribution in [2.24, 2.45) is 11.8 Å². The van der Waals surface area contributed by atoms with Crippen LogP contribution in [-0.4, -0.2) is 11.0 Å². The standard InChI is InChI=1S/C24H31N3/c1-5-15(2)18-10-12-19(13-11-18)26-23-16(3)17(4)24(23)27-22-14-25-21-9-7-6-8-20(21)22/h6-9,14-15,18-19,25-27H,3-5,10-13H2,1-2H3/t15-,18?,19?/m1/s1. The van der Waals surface area contributed by atoms with E-state index in [1.54, 1.807) is 0 Å². The van der Waals surface area contributed by atoms with Crippen molar-refractivity contribution in [2.75, 3.05) is 5.32 Å². The molecule has 0 amide bonds. The summed E-state index contributed by atoms with van der Waals surface area (Å²) < 4.78 is 0. The van der Waals surface area contributed by atoms with E-state index in [1.165, 1.54) is 37.5 Å². The lowest BCUT2D eigenvalue weighted by Gasteiger charge is -2.37. The van der Waals surface area contributed by atoms with Gasteiger partial charge in [-0.25, -0.2) is 0 Å². The van der Waals surface area contributed by atoms with E-state index >= 15 is 0 Å². The first-order valence-electron chi connectivity index (χ1n) is 10.3. The molecule has 2 aliphatic rings. The van der Waals surface area contributed by atoms with E-state index < -0.39 is 0 Å². The molecule has 2 aromatic rings. The Morgan fingerprint density at radius 2 is 1.78 bits per heavy atom. The van der Waals surface area contributed by atoms with Crippen LogP contribution in [0.15, 0.2) is 66.2 Å². The summed E-state index contributed by atoms with van der Waals surface area (Å²) in [6, 6.07) is 8.89. The van der Waals surface area contributed by atoms with Crippen molar-refractivity contribution in [1.82, 2.24) is 10.3 Å². The minimum absolute atomic E-state index is 0.546. The molecule has 142 valence electrons. The molecule has 1 fully saturated rings. The van der Waals surface area contributed by atoms with Crippen molar-refractivity contribution in [3.05, 3.63) is 66.2 Å². The first kappa shape index (κ1) is 18.0. The summed E-state index contributed by atoms with van der Waals surface area (Å²) in [5.74, 6) is 1.74. The van der Waals surface area contributed by atoms with E-state index in [-0.39, 0.29) is 0 Å². The molecule has 0 spiro atoms. The minimum atomic E-state index is 0.546. The first-order chi connectivity index (χ1) is 13.1. The molecule has 0 bridgehead atoms. The van der Waals surface area contributed by atoms with Crippen LogP contribution in [0.5, 0.6) is 0 Å². The average molecular weight is 362 g/mol. The molecule has 1 atom stereocenters. The van der Waals surface area contributed by atoms with Gasteiger partial charge >= 0.3 is 0 Å². The third-order valence-corrected chi connectivity index (χ3v) is 6.64. The fraction of sp³-hybridized carbons (Fsp3) is 0.417. The van der Waals surface area contributed by atoms with Gasteiger partial charge in [-0.1, -0.05) is 51.6 Å². The zero-order valence-corrected chi connectivity index (χ0v) is 16.6. The zero-order valence-electron chi connectivity index (χ0n) is 16.6. The number of H-pyrrole nitrogens is 1. The predicted molar refractivity (Wildman–Crippen MR) is 116 cm³/mol. The number of benzene rings is 1. The highest BCUT2D eigenvalue weighted by atomic mass is 15.0. The van der Waals surface area contributed by atoms with Gasteiger partial charge in [-0.15, -0.1) is 0 Å². The van der Waals surface area contributed by atoms with Crippen LogP contribution in [0.4, 0.5) is 5.69 Å². The number of nitrogens with one attached hydrogen (secondary N) is 3. The fourth-order valence-corrected chi connectivity index (χ4v) is 4.52. The molecule has 1 saturated carbocycles. The maximum atomic E-state index is 4.22. The summed E-state index contributed by atoms with van der Waals surface area (Å²) in [4.78, 5) is 3.33. The van der Waals surface area contributed by atoms with E-state index in [1.807, 2.05) is 6.20 Å². The Labute approximate surface area is 162 Å². The van der Waals surface area contributed by atoms with Gasteiger partial charge in [0.2, 0.25) is 0 Å². The number of aromatic nitrogens is 1. The van der Waals surface area contributed by atoms with Crippen LogP contribution in [0.25, 0.3) is 10.9 Å². The quantitative estimate of drug-likeness (QED) is 0.581. The van der Waals surface area contributed by atoms with Crippen molar-refractivity contribution in [3.8, 4) is 0 Å². The molecule has 1 aromatic heterocycles. The normalized spacial score (nSPS) is 24.1. The second-order valence-corrected chi connectivity index (χ2v) is 8.22. The minimum Gasteiger partial charge on any atom is -0.380 e. The van der Waals surface area contributed by atoms with Gasteiger partial charge in [-0.05, 0) is 43.6 Å². The lowest BCUT2D eigenvalue weighted by Crippen LogP contribution is -2.38. The lowest BCUT2D eigenvalue weighted by atomic mass is 9.77. The number of rotatable bonds is 6. The smallest absolute Gasteiger partial charge is 0.0701 e. The van der Waals surface area contributed by atoms with Crippen molar-refractivity contribution < 1.29 is 0 Å². The highest BCUT2D eigenvalue weighted by Crippen LogP contribution is 2.39. The largest absolute Gasteiger partial charge is 0.380 e. The van der Waals surface area contributed by atoms with Gasteiger partial charge in [0.25, 0.3) is 0 Å². The maximum Gasteiger partial charge on any atom is 0.0701 e. The zero-order chi connectivity index (χ0) is 19.0. The molecule has 3 N–H and O–H groups in total. The van der Waals surface area contributed by atoms with E-state index in [2.05, 4.69) is 66.9 Å². The highest BCUT2D eigenvalue weighted by molar-refractivity contribution is 5.94. The Hall–Kier alpha value is -2.42. The highest BCUT2D eigenvalue weighted by Gasteiger charge is 2.31. The third-order valence-electron chi connectivity index (χ3n) is 6.64. The summed E-state index contributed by atoms with van der Waals surface area (Å²) in [5.41, 5.74) is 6.53. The molecular formula is C24H31N3. The monoisotopic (exact) mass is 361 g/mol. The van der Waals surface area contributed by atoms with Crippen molar-refractivity contribution in [3.63, 3.8) is 0 Å². The molecule has 1 heterocycles. The number of fused-ring (bicyclic) bond motifs is 1. The summed E-state index contributed by atoms with van der Waals surface area (Å²) >= 11 is 0. The van der Waals surface area contributed by atoms with E-state index in [4.69, 9.17) is 0 Å². The topological polar surface area (TPSA) is 39.8 Å². The summed E-state index contributed by atoms with van der Waals surface area (Å²) in [6.45, 7) is 13.1. The van der Waals surface area contributed by atoms with Crippen LogP contribution in [0.1, 0.15) is 46.0 Å². The molecule has 3 heteroatoms. The third kappa shape index (κ3) is 3.31. The Bertz CT molecular complexity index is 893. The Morgan fingerprint density at radius 3 is 2.52 bits per heavy atom. The van der Waals surface area contributed by atoms with Gasteiger partial charge in [0.15, 0.2) is 0 Å². The van der Waals surface area contributed by atoms with Gasteiger partial charge in [0.1, 0.15) is 0 Å². The van der Waals surface area contributed by atoms with Gasteiger partial charge in [-0.2, -0.15) is 0 Å². The molecule has 0 aliphatic heterocycles. The number of hydrogen-bond acceptors (Lipinski definition) is 2. The van der Waals surface area contributed by atoms with Gasteiger partial charge < -0.3 is 15.6 Å². The van der Waals surface area contributed by atoms with Crippen LogP contribution >= 0.6 is 0 Å². The molecule has 2 aliphatic carbocycles. The summed E-state index contributed by atoms with van der Waals surface area (Å²) in [5, 5.41) is 8.55. The first-order valence-corrected chi connectivity index (χ1v) is 10.3. The average Bonchev–Trinajstić information content (AvgIpc) is 3.13. The van der Waals surface area contributed by atoms with Crippen LogP contribution in [0.2, 0.25) is 0 Å². The fourth-order valence-electron chi connectivity index (χ4n) is 4.52. The maximum absolute atomic E-state index is 4.22. The molecule has 27 heavy (non-hydrogen) atoms. The molecule has 0 unspecified atom stereocenters. The molecule has 1 aromatic carbocycles. The molecule has 3 nitrogen and oxygen atoms in total. The molecule has 0 saturated heterocycles. The number of aromatic amines is 1. The van der Waals surface area contributed by atoms with E-state index in [9.17, 15) is 0 Å². The van der Waals surface area contributed by atoms with E-state index in [0.29, 0.717) is 6.04 Å². The van der Waals surface area contributed by atoms with Gasteiger partial charge in [0.05, 0.1) is 17.1 Å². The van der Waals surface area contributed by atoms with Gasteiger partial charge in [0, 0.05) is 34.3 Å². The Kier molecular flexibility index (Phi) is 4.86. The molecular weight excluding hydrogens is 330 g/mol. The predicted octanol–water partition coefficient (Wildman–Crippen LogP) is 6.11. The summed E-state index contributed by atoms with van der Waals surface area (Å²) in [7, 11) is 0. The number of hydrogen-bond donors (Lipinski definition) is 3. The number of anilines is 1. The van der Waals surface area contributed by atoms with Crippen LogP contribution in [0.3, 0.4) is 0 Å².